The third kappa shape index (κ3) is 3.35. The van der Waals surface area contributed by atoms with Gasteiger partial charge in [-0.05, 0) is 31.0 Å². The SMILES string of the molecule is Cc1cccc(C(=O)N2CCN(CC(N)=S)CC2)c1C. The van der Waals surface area contributed by atoms with Crippen molar-refractivity contribution in [1.82, 2.24) is 9.80 Å². The molecule has 0 unspecified atom stereocenters. The molecule has 1 fully saturated rings. The molecular formula is C15H21N3OS. The second kappa shape index (κ2) is 6.33. The third-order valence-corrected chi connectivity index (χ3v) is 4.00. The number of rotatable bonds is 3. The van der Waals surface area contributed by atoms with Gasteiger partial charge in [-0.2, -0.15) is 0 Å². The van der Waals surface area contributed by atoms with Crippen LogP contribution in [-0.2, 0) is 0 Å². The van der Waals surface area contributed by atoms with E-state index in [0.29, 0.717) is 11.5 Å². The van der Waals surface area contributed by atoms with Gasteiger partial charge in [-0.3, -0.25) is 9.69 Å². The second-order valence-electron chi connectivity index (χ2n) is 5.28. The number of hydrogen-bond donors (Lipinski definition) is 1. The Morgan fingerprint density at radius 2 is 1.90 bits per heavy atom. The molecule has 1 aliphatic rings. The lowest BCUT2D eigenvalue weighted by Gasteiger charge is -2.34. The van der Waals surface area contributed by atoms with E-state index < -0.39 is 0 Å². The molecule has 1 saturated heterocycles. The van der Waals surface area contributed by atoms with Gasteiger partial charge in [-0.15, -0.1) is 0 Å². The Hall–Kier alpha value is -1.46. The lowest BCUT2D eigenvalue weighted by Crippen LogP contribution is -2.50. The van der Waals surface area contributed by atoms with E-state index in [0.717, 1.165) is 42.9 Å². The molecule has 5 heteroatoms. The molecule has 1 amide bonds. The summed E-state index contributed by atoms with van der Waals surface area (Å²) in [6.07, 6.45) is 0. The highest BCUT2D eigenvalue weighted by Gasteiger charge is 2.23. The number of thiocarbonyl (C=S) groups is 1. The molecule has 1 aromatic carbocycles. The maximum absolute atomic E-state index is 12.6. The summed E-state index contributed by atoms with van der Waals surface area (Å²) in [5.41, 5.74) is 8.60. The van der Waals surface area contributed by atoms with Gasteiger partial charge in [-0.25, -0.2) is 0 Å². The van der Waals surface area contributed by atoms with E-state index in [1.165, 1.54) is 0 Å². The average molecular weight is 291 g/mol. The fourth-order valence-electron chi connectivity index (χ4n) is 2.48. The van der Waals surface area contributed by atoms with Crippen LogP contribution in [0.1, 0.15) is 21.5 Å². The van der Waals surface area contributed by atoms with Gasteiger partial charge < -0.3 is 10.6 Å². The van der Waals surface area contributed by atoms with Gasteiger partial charge in [0.1, 0.15) is 0 Å². The highest BCUT2D eigenvalue weighted by atomic mass is 32.1. The molecule has 0 saturated carbocycles. The quantitative estimate of drug-likeness (QED) is 0.854. The maximum Gasteiger partial charge on any atom is 0.254 e. The van der Waals surface area contributed by atoms with Crippen molar-refractivity contribution in [2.24, 2.45) is 5.73 Å². The highest BCUT2D eigenvalue weighted by Crippen LogP contribution is 2.16. The van der Waals surface area contributed by atoms with Gasteiger partial charge in [0.25, 0.3) is 5.91 Å². The fraction of sp³-hybridized carbons (Fsp3) is 0.467. The zero-order chi connectivity index (χ0) is 14.7. The van der Waals surface area contributed by atoms with Gasteiger partial charge in [0, 0.05) is 38.3 Å². The number of carbonyl (C=O) groups excluding carboxylic acids is 1. The smallest absolute Gasteiger partial charge is 0.254 e. The van der Waals surface area contributed by atoms with Crippen molar-refractivity contribution in [3.05, 3.63) is 34.9 Å². The number of piperazine rings is 1. The number of aryl methyl sites for hydroxylation is 1. The van der Waals surface area contributed by atoms with Crippen LogP contribution in [0.3, 0.4) is 0 Å². The third-order valence-electron chi connectivity index (χ3n) is 3.87. The molecule has 0 radical (unpaired) electrons. The van der Waals surface area contributed by atoms with Crippen molar-refractivity contribution in [2.45, 2.75) is 13.8 Å². The minimum absolute atomic E-state index is 0.126. The molecule has 108 valence electrons. The molecule has 2 N–H and O–H groups in total. The van der Waals surface area contributed by atoms with Crippen LogP contribution in [0.5, 0.6) is 0 Å². The number of nitrogens with zero attached hydrogens (tertiary/aromatic N) is 2. The largest absolute Gasteiger partial charge is 0.392 e. The average Bonchev–Trinajstić information content (AvgIpc) is 2.41. The monoisotopic (exact) mass is 291 g/mol. The lowest BCUT2D eigenvalue weighted by atomic mass is 10.0. The van der Waals surface area contributed by atoms with E-state index in [9.17, 15) is 4.79 Å². The summed E-state index contributed by atoms with van der Waals surface area (Å²) in [6, 6.07) is 5.89. The molecule has 0 bridgehead atoms. The van der Waals surface area contributed by atoms with Crippen LogP contribution in [0.15, 0.2) is 18.2 Å². The first-order valence-electron chi connectivity index (χ1n) is 6.85. The Bertz CT molecular complexity index is 522. The summed E-state index contributed by atoms with van der Waals surface area (Å²) in [5, 5.41) is 0. The summed E-state index contributed by atoms with van der Waals surface area (Å²) in [4.78, 5) is 17.2. The zero-order valence-corrected chi connectivity index (χ0v) is 12.9. The molecule has 4 nitrogen and oxygen atoms in total. The van der Waals surface area contributed by atoms with Crippen LogP contribution in [0.2, 0.25) is 0 Å². The van der Waals surface area contributed by atoms with E-state index in [1.807, 2.05) is 36.9 Å². The lowest BCUT2D eigenvalue weighted by molar-refractivity contribution is 0.0653. The van der Waals surface area contributed by atoms with Crippen molar-refractivity contribution in [3.8, 4) is 0 Å². The van der Waals surface area contributed by atoms with Crippen molar-refractivity contribution in [1.29, 1.82) is 0 Å². The van der Waals surface area contributed by atoms with Gasteiger partial charge in [0.05, 0.1) is 4.99 Å². The fourth-order valence-corrected chi connectivity index (χ4v) is 2.67. The van der Waals surface area contributed by atoms with Crippen LogP contribution in [0.25, 0.3) is 0 Å². The Balaban J connectivity index is 2.02. The van der Waals surface area contributed by atoms with Crippen LogP contribution < -0.4 is 5.73 Å². The number of amides is 1. The Kier molecular flexibility index (Phi) is 4.73. The van der Waals surface area contributed by atoms with Crippen LogP contribution in [0, 0.1) is 13.8 Å². The van der Waals surface area contributed by atoms with E-state index in [-0.39, 0.29) is 5.91 Å². The summed E-state index contributed by atoms with van der Waals surface area (Å²) < 4.78 is 0. The van der Waals surface area contributed by atoms with Gasteiger partial charge in [-0.1, -0.05) is 24.4 Å². The Morgan fingerprint density at radius 1 is 1.25 bits per heavy atom. The minimum Gasteiger partial charge on any atom is -0.392 e. The summed E-state index contributed by atoms with van der Waals surface area (Å²) >= 11 is 4.92. The van der Waals surface area contributed by atoms with Crippen molar-refractivity contribution in [3.63, 3.8) is 0 Å². The maximum atomic E-state index is 12.6. The van der Waals surface area contributed by atoms with Gasteiger partial charge in [0.2, 0.25) is 0 Å². The summed E-state index contributed by atoms with van der Waals surface area (Å²) in [5.74, 6) is 0.126. The molecule has 0 atom stereocenters. The number of nitrogens with two attached hydrogens (primary N) is 1. The van der Waals surface area contributed by atoms with Crippen LogP contribution in [0.4, 0.5) is 0 Å². The van der Waals surface area contributed by atoms with Crippen molar-refractivity contribution in [2.75, 3.05) is 32.7 Å². The molecule has 1 aliphatic heterocycles. The number of carbonyl (C=O) groups is 1. The standard InChI is InChI=1S/C15H21N3OS/c1-11-4-3-5-13(12(11)2)15(19)18-8-6-17(7-9-18)10-14(16)20/h3-5H,6-10H2,1-2H3,(H2,16,20). The molecule has 0 aromatic heterocycles. The summed E-state index contributed by atoms with van der Waals surface area (Å²) in [7, 11) is 0. The predicted molar refractivity (Wildman–Crippen MR) is 85.0 cm³/mol. The number of benzene rings is 1. The second-order valence-corrected chi connectivity index (χ2v) is 5.81. The van der Waals surface area contributed by atoms with E-state index >= 15 is 0 Å². The Labute approximate surface area is 125 Å². The molecule has 20 heavy (non-hydrogen) atoms. The normalized spacial score (nSPS) is 16.2. The van der Waals surface area contributed by atoms with Crippen molar-refractivity contribution < 1.29 is 4.79 Å². The van der Waals surface area contributed by atoms with Crippen LogP contribution >= 0.6 is 12.2 Å². The van der Waals surface area contributed by atoms with Gasteiger partial charge >= 0.3 is 0 Å². The topological polar surface area (TPSA) is 49.6 Å². The molecule has 0 aliphatic carbocycles. The summed E-state index contributed by atoms with van der Waals surface area (Å²) in [6.45, 7) is 7.80. The first kappa shape index (κ1) is 14.9. The molecule has 1 heterocycles. The van der Waals surface area contributed by atoms with E-state index in [4.69, 9.17) is 18.0 Å². The molecular weight excluding hydrogens is 270 g/mol. The zero-order valence-electron chi connectivity index (χ0n) is 12.1. The van der Waals surface area contributed by atoms with Crippen molar-refractivity contribution >= 4 is 23.1 Å². The first-order valence-corrected chi connectivity index (χ1v) is 7.26. The molecule has 1 aromatic rings. The first-order chi connectivity index (χ1) is 9.49. The molecule has 2 rings (SSSR count). The molecule has 0 spiro atoms. The number of hydrogen-bond acceptors (Lipinski definition) is 3. The van der Waals surface area contributed by atoms with E-state index in [1.54, 1.807) is 0 Å². The van der Waals surface area contributed by atoms with Gasteiger partial charge in [0.15, 0.2) is 0 Å². The highest BCUT2D eigenvalue weighted by molar-refractivity contribution is 7.80. The van der Waals surface area contributed by atoms with E-state index in [2.05, 4.69) is 4.90 Å². The van der Waals surface area contributed by atoms with Crippen LogP contribution in [-0.4, -0.2) is 53.4 Å². The Morgan fingerprint density at radius 3 is 2.50 bits per heavy atom. The minimum atomic E-state index is 0.126. The predicted octanol–water partition coefficient (Wildman–Crippen LogP) is 1.35.